The van der Waals surface area contributed by atoms with Crippen molar-refractivity contribution in [1.82, 2.24) is 0 Å². The number of hydrogen-bond donors (Lipinski definition) is 0. The van der Waals surface area contributed by atoms with Gasteiger partial charge in [0.15, 0.2) is 6.29 Å². The lowest BCUT2D eigenvalue weighted by atomic mass is 10.0. The van der Waals surface area contributed by atoms with Gasteiger partial charge in [0.05, 0.1) is 24.0 Å². The van der Waals surface area contributed by atoms with Crippen LogP contribution in [0.3, 0.4) is 0 Å². The molecule has 2 rings (SSSR count). The molecule has 0 amide bonds. The highest BCUT2D eigenvalue weighted by Crippen LogP contribution is 2.25. The third-order valence-corrected chi connectivity index (χ3v) is 5.40. The molecular formula is C15H20O4S. The van der Waals surface area contributed by atoms with Crippen LogP contribution in [0.25, 0.3) is 0 Å². The molecule has 0 aromatic heterocycles. The first-order valence-electron chi connectivity index (χ1n) is 6.71. The van der Waals surface area contributed by atoms with Crippen LogP contribution in [0.4, 0.5) is 0 Å². The van der Waals surface area contributed by atoms with E-state index in [0.717, 1.165) is 5.56 Å². The monoisotopic (exact) mass is 296 g/mol. The van der Waals surface area contributed by atoms with E-state index in [2.05, 4.69) is 0 Å². The van der Waals surface area contributed by atoms with E-state index in [1.165, 1.54) is 6.92 Å². The van der Waals surface area contributed by atoms with Crippen molar-refractivity contribution >= 4 is 16.6 Å². The zero-order chi connectivity index (χ0) is 14.7. The molecule has 110 valence electrons. The average Bonchev–Trinajstić information content (AvgIpc) is 2.93. The second kappa shape index (κ2) is 6.61. The van der Waals surface area contributed by atoms with Crippen LogP contribution < -0.4 is 0 Å². The van der Waals surface area contributed by atoms with Gasteiger partial charge in [0, 0.05) is 10.8 Å². The molecule has 1 heterocycles. The molecule has 0 bridgehead atoms. The number of aryl methyl sites for hydroxylation is 1. The van der Waals surface area contributed by atoms with Gasteiger partial charge in [0.25, 0.3) is 0 Å². The van der Waals surface area contributed by atoms with Gasteiger partial charge in [-0.25, -0.2) is 0 Å². The predicted octanol–water partition coefficient (Wildman–Crippen LogP) is 2.07. The third kappa shape index (κ3) is 3.34. The summed E-state index contributed by atoms with van der Waals surface area (Å²) in [6, 6.07) is 7.42. The Morgan fingerprint density at radius 2 is 1.80 bits per heavy atom. The number of ketones is 1. The van der Waals surface area contributed by atoms with E-state index in [-0.39, 0.29) is 11.7 Å². The molecule has 0 aliphatic carbocycles. The molecule has 0 N–H and O–H groups in total. The Morgan fingerprint density at radius 3 is 2.30 bits per heavy atom. The standard InChI is InChI=1S/C15H20O4S/c1-10-4-6-13(7-5-10)20(17)14(12(3)16)11(2)15-18-8-9-19-15/h4-7,11,14-15H,8-9H2,1-3H3. The van der Waals surface area contributed by atoms with Gasteiger partial charge in [0.2, 0.25) is 0 Å². The number of ether oxygens (including phenoxy) is 2. The molecule has 1 saturated heterocycles. The topological polar surface area (TPSA) is 52.6 Å². The molecule has 4 nitrogen and oxygen atoms in total. The van der Waals surface area contributed by atoms with Crippen LogP contribution in [-0.4, -0.2) is 34.7 Å². The predicted molar refractivity (Wildman–Crippen MR) is 76.9 cm³/mol. The van der Waals surface area contributed by atoms with Gasteiger partial charge in [-0.3, -0.25) is 9.00 Å². The van der Waals surface area contributed by atoms with Crippen LogP contribution in [0.5, 0.6) is 0 Å². The molecule has 0 saturated carbocycles. The van der Waals surface area contributed by atoms with Crippen molar-refractivity contribution in [3.63, 3.8) is 0 Å². The highest BCUT2D eigenvalue weighted by molar-refractivity contribution is 7.86. The average molecular weight is 296 g/mol. The Labute approximate surface area is 121 Å². The van der Waals surface area contributed by atoms with E-state index in [0.29, 0.717) is 18.1 Å². The first-order chi connectivity index (χ1) is 9.50. The lowest BCUT2D eigenvalue weighted by molar-refractivity contribution is -0.122. The molecule has 1 aromatic rings. The summed E-state index contributed by atoms with van der Waals surface area (Å²) in [4.78, 5) is 12.6. The summed E-state index contributed by atoms with van der Waals surface area (Å²) in [7, 11) is -1.40. The summed E-state index contributed by atoms with van der Waals surface area (Å²) >= 11 is 0. The van der Waals surface area contributed by atoms with Gasteiger partial charge in [-0.2, -0.15) is 0 Å². The highest BCUT2D eigenvalue weighted by atomic mass is 32.2. The fraction of sp³-hybridized carbons (Fsp3) is 0.533. The summed E-state index contributed by atoms with van der Waals surface area (Å²) in [5.41, 5.74) is 1.10. The molecule has 1 fully saturated rings. The smallest absolute Gasteiger partial charge is 0.161 e. The van der Waals surface area contributed by atoms with Gasteiger partial charge < -0.3 is 9.47 Å². The second-order valence-corrected chi connectivity index (χ2v) is 6.68. The SMILES string of the molecule is CC(=O)C(C(C)C1OCCO1)S(=O)c1ccc(C)cc1. The number of carbonyl (C=O) groups is 1. The lowest BCUT2D eigenvalue weighted by Gasteiger charge is -2.25. The Morgan fingerprint density at radius 1 is 1.25 bits per heavy atom. The van der Waals surface area contributed by atoms with Gasteiger partial charge in [0.1, 0.15) is 11.0 Å². The van der Waals surface area contributed by atoms with E-state index in [1.807, 2.05) is 38.1 Å². The van der Waals surface area contributed by atoms with Gasteiger partial charge >= 0.3 is 0 Å². The van der Waals surface area contributed by atoms with Crippen LogP contribution in [0.15, 0.2) is 29.2 Å². The molecule has 1 aliphatic heterocycles. The van der Waals surface area contributed by atoms with Crippen LogP contribution in [0, 0.1) is 12.8 Å². The zero-order valence-electron chi connectivity index (χ0n) is 12.0. The Balaban J connectivity index is 2.21. The molecule has 1 aromatic carbocycles. The Bertz CT molecular complexity index is 491. The fourth-order valence-corrected chi connectivity index (χ4v) is 3.88. The molecule has 5 heteroatoms. The maximum Gasteiger partial charge on any atom is 0.161 e. The minimum atomic E-state index is -1.40. The van der Waals surface area contributed by atoms with E-state index >= 15 is 0 Å². The minimum absolute atomic E-state index is 0.101. The Kier molecular flexibility index (Phi) is 5.07. The van der Waals surface area contributed by atoms with Crippen LogP contribution in [-0.2, 0) is 25.1 Å². The number of Topliss-reactive ketones (excluding diaryl/α,β-unsaturated/α-hetero) is 1. The normalized spacial score (nSPS) is 20.6. The van der Waals surface area contributed by atoms with Crippen molar-refractivity contribution in [2.75, 3.05) is 13.2 Å². The quantitative estimate of drug-likeness (QED) is 0.834. The molecule has 0 spiro atoms. The van der Waals surface area contributed by atoms with E-state index in [9.17, 15) is 9.00 Å². The molecule has 1 aliphatic rings. The third-order valence-electron chi connectivity index (χ3n) is 3.44. The zero-order valence-corrected chi connectivity index (χ0v) is 12.8. The van der Waals surface area contributed by atoms with Crippen molar-refractivity contribution < 1.29 is 18.5 Å². The first-order valence-corrected chi connectivity index (χ1v) is 7.93. The van der Waals surface area contributed by atoms with Crippen molar-refractivity contribution in [2.24, 2.45) is 5.92 Å². The Hall–Kier alpha value is -1.04. The number of carbonyl (C=O) groups excluding carboxylic acids is 1. The minimum Gasteiger partial charge on any atom is -0.350 e. The molecule has 20 heavy (non-hydrogen) atoms. The summed E-state index contributed by atoms with van der Waals surface area (Å²) < 4.78 is 23.6. The fourth-order valence-electron chi connectivity index (χ4n) is 2.36. The largest absolute Gasteiger partial charge is 0.350 e. The molecule has 3 unspecified atom stereocenters. The second-order valence-electron chi connectivity index (χ2n) is 5.11. The summed E-state index contributed by atoms with van der Waals surface area (Å²) in [5.74, 6) is -0.340. The van der Waals surface area contributed by atoms with E-state index in [1.54, 1.807) is 0 Å². The molecular weight excluding hydrogens is 276 g/mol. The molecule has 3 atom stereocenters. The van der Waals surface area contributed by atoms with Crippen molar-refractivity contribution in [1.29, 1.82) is 0 Å². The first kappa shape index (κ1) is 15.4. The van der Waals surface area contributed by atoms with Gasteiger partial charge in [-0.1, -0.05) is 24.6 Å². The summed E-state index contributed by atoms with van der Waals surface area (Å²) in [6.07, 6.45) is -0.446. The van der Waals surface area contributed by atoms with Gasteiger partial charge in [-0.05, 0) is 26.0 Å². The summed E-state index contributed by atoms with van der Waals surface area (Å²) in [5, 5.41) is -0.610. The van der Waals surface area contributed by atoms with Crippen LogP contribution in [0.2, 0.25) is 0 Å². The maximum atomic E-state index is 12.7. The van der Waals surface area contributed by atoms with Crippen molar-refractivity contribution in [2.45, 2.75) is 37.2 Å². The van der Waals surface area contributed by atoms with E-state index < -0.39 is 22.3 Å². The van der Waals surface area contributed by atoms with Crippen molar-refractivity contribution in [3.8, 4) is 0 Å². The summed E-state index contributed by atoms with van der Waals surface area (Å²) in [6.45, 7) is 6.35. The van der Waals surface area contributed by atoms with Gasteiger partial charge in [-0.15, -0.1) is 0 Å². The lowest BCUT2D eigenvalue weighted by Crippen LogP contribution is -2.38. The van der Waals surface area contributed by atoms with Crippen molar-refractivity contribution in [3.05, 3.63) is 29.8 Å². The maximum absolute atomic E-state index is 12.7. The highest BCUT2D eigenvalue weighted by Gasteiger charge is 2.36. The van der Waals surface area contributed by atoms with Crippen LogP contribution in [0.1, 0.15) is 19.4 Å². The van der Waals surface area contributed by atoms with Crippen LogP contribution >= 0.6 is 0 Å². The number of hydrogen-bond acceptors (Lipinski definition) is 4. The number of rotatable bonds is 5. The molecule has 0 radical (unpaired) electrons. The van der Waals surface area contributed by atoms with E-state index in [4.69, 9.17) is 9.47 Å². The number of benzene rings is 1.